The van der Waals surface area contributed by atoms with E-state index in [1.54, 1.807) is 6.20 Å². The first-order valence-electron chi connectivity index (χ1n) is 6.83. The molecule has 2 aromatic heterocycles. The Labute approximate surface area is 128 Å². The summed E-state index contributed by atoms with van der Waals surface area (Å²) in [5.41, 5.74) is 7.93. The van der Waals surface area contributed by atoms with Gasteiger partial charge in [0.25, 0.3) is 0 Å². The summed E-state index contributed by atoms with van der Waals surface area (Å²) in [6, 6.07) is -0.464. The van der Waals surface area contributed by atoms with E-state index in [1.807, 2.05) is 6.92 Å². The molecule has 1 aliphatic heterocycles. The highest BCUT2D eigenvalue weighted by Gasteiger charge is 2.42. The van der Waals surface area contributed by atoms with E-state index in [9.17, 15) is 10.2 Å². The SMILES string of the molecule is CCCC1NC(c2c[nH]c3c(N)ncnc23)C(O)C1O.Cl. The van der Waals surface area contributed by atoms with Crippen LogP contribution in [0.5, 0.6) is 0 Å². The van der Waals surface area contributed by atoms with Crippen molar-refractivity contribution < 1.29 is 10.2 Å². The highest BCUT2D eigenvalue weighted by molar-refractivity contribution is 5.87. The van der Waals surface area contributed by atoms with Gasteiger partial charge in [-0.2, -0.15) is 0 Å². The molecule has 21 heavy (non-hydrogen) atoms. The Hall–Kier alpha value is -1.41. The molecular weight excluding hydrogens is 294 g/mol. The lowest BCUT2D eigenvalue weighted by Crippen LogP contribution is -2.32. The van der Waals surface area contributed by atoms with Crippen molar-refractivity contribution in [1.29, 1.82) is 0 Å². The van der Waals surface area contributed by atoms with Gasteiger partial charge < -0.3 is 26.2 Å². The number of aromatic amines is 1. The van der Waals surface area contributed by atoms with E-state index in [1.165, 1.54) is 6.33 Å². The van der Waals surface area contributed by atoms with Gasteiger partial charge in [-0.05, 0) is 6.42 Å². The van der Waals surface area contributed by atoms with E-state index in [0.29, 0.717) is 16.9 Å². The van der Waals surface area contributed by atoms with Gasteiger partial charge in [-0.15, -0.1) is 12.4 Å². The fourth-order valence-electron chi connectivity index (χ4n) is 2.92. The molecule has 1 fully saturated rings. The summed E-state index contributed by atoms with van der Waals surface area (Å²) < 4.78 is 0. The number of nitrogen functional groups attached to an aromatic ring is 1. The summed E-state index contributed by atoms with van der Waals surface area (Å²) >= 11 is 0. The highest BCUT2D eigenvalue weighted by Crippen LogP contribution is 2.33. The maximum Gasteiger partial charge on any atom is 0.151 e. The molecule has 0 radical (unpaired) electrons. The van der Waals surface area contributed by atoms with E-state index < -0.39 is 12.2 Å². The van der Waals surface area contributed by atoms with Gasteiger partial charge in [0, 0.05) is 17.8 Å². The van der Waals surface area contributed by atoms with Crippen LogP contribution < -0.4 is 11.1 Å². The number of H-pyrrole nitrogens is 1. The van der Waals surface area contributed by atoms with Crippen LogP contribution in [0.3, 0.4) is 0 Å². The monoisotopic (exact) mass is 313 g/mol. The van der Waals surface area contributed by atoms with Crippen LogP contribution in [0.15, 0.2) is 12.5 Å². The Kier molecular flexibility index (Phi) is 4.67. The topological polar surface area (TPSA) is 120 Å². The number of halogens is 1. The van der Waals surface area contributed by atoms with Gasteiger partial charge in [0.2, 0.25) is 0 Å². The number of rotatable bonds is 3. The summed E-state index contributed by atoms with van der Waals surface area (Å²) in [7, 11) is 0. The third-order valence-corrected chi connectivity index (χ3v) is 3.95. The highest BCUT2D eigenvalue weighted by atomic mass is 35.5. The predicted molar refractivity (Wildman–Crippen MR) is 82.1 cm³/mol. The van der Waals surface area contributed by atoms with Gasteiger partial charge in [-0.3, -0.25) is 0 Å². The normalized spacial score (nSPS) is 28.7. The van der Waals surface area contributed by atoms with Crippen molar-refractivity contribution in [3.05, 3.63) is 18.1 Å². The lowest BCUT2D eigenvalue weighted by molar-refractivity contribution is 0.0269. The number of aromatic nitrogens is 3. The Bertz CT molecular complexity index is 620. The lowest BCUT2D eigenvalue weighted by atomic mass is 10.0. The molecule has 0 bridgehead atoms. The molecule has 8 heteroatoms. The molecule has 0 amide bonds. The van der Waals surface area contributed by atoms with E-state index in [0.717, 1.165) is 18.4 Å². The molecule has 1 aliphatic rings. The van der Waals surface area contributed by atoms with Crippen molar-refractivity contribution in [3.63, 3.8) is 0 Å². The van der Waals surface area contributed by atoms with Crippen LogP contribution in [-0.2, 0) is 0 Å². The standard InChI is InChI=1S/C13H19N5O2.ClH/c1-2-3-7-11(19)12(20)9(18-7)6-4-15-10-8(6)16-5-17-13(10)14;/h4-5,7,9,11-12,15,18-20H,2-3H2,1H3,(H2,14,16,17);1H. The predicted octanol–water partition coefficient (Wildman–Crippen LogP) is 0.497. The first-order valence-corrected chi connectivity index (χ1v) is 6.83. The van der Waals surface area contributed by atoms with E-state index in [-0.39, 0.29) is 24.5 Å². The minimum atomic E-state index is -0.860. The summed E-state index contributed by atoms with van der Waals surface area (Å²) in [5.74, 6) is 0.374. The fraction of sp³-hybridized carbons (Fsp3) is 0.538. The van der Waals surface area contributed by atoms with Gasteiger partial charge in [0.15, 0.2) is 5.82 Å². The van der Waals surface area contributed by atoms with Crippen molar-refractivity contribution in [2.45, 2.75) is 44.1 Å². The van der Waals surface area contributed by atoms with Crippen LogP contribution in [-0.4, -0.2) is 43.4 Å². The van der Waals surface area contributed by atoms with Crippen molar-refractivity contribution in [2.24, 2.45) is 0 Å². The molecule has 6 N–H and O–H groups in total. The number of anilines is 1. The van der Waals surface area contributed by atoms with E-state index in [2.05, 4.69) is 20.3 Å². The van der Waals surface area contributed by atoms with Gasteiger partial charge in [0.05, 0.1) is 17.7 Å². The maximum absolute atomic E-state index is 10.3. The molecule has 3 rings (SSSR count). The largest absolute Gasteiger partial charge is 0.389 e. The smallest absolute Gasteiger partial charge is 0.151 e. The number of nitrogens with two attached hydrogens (primary N) is 1. The Morgan fingerprint density at radius 2 is 2.05 bits per heavy atom. The molecule has 4 atom stereocenters. The third kappa shape index (κ3) is 2.57. The molecule has 7 nitrogen and oxygen atoms in total. The lowest BCUT2D eigenvalue weighted by Gasteiger charge is -2.14. The molecule has 116 valence electrons. The van der Waals surface area contributed by atoms with Crippen molar-refractivity contribution in [2.75, 3.05) is 5.73 Å². The van der Waals surface area contributed by atoms with Crippen molar-refractivity contribution >= 4 is 29.3 Å². The van der Waals surface area contributed by atoms with Gasteiger partial charge in [-0.1, -0.05) is 13.3 Å². The summed E-state index contributed by atoms with van der Waals surface area (Å²) in [6.07, 6.45) is 3.28. The molecule has 0 aliphatic carbocycles. The quantitative estimate of drug-likeness (QED) is 0.563. The molecule has 1 saturated heterocycles. The Morgan fingerprint density at radius 3 is 2.76 bits per heavy atom. The number of aliphatic hydroxyl groups is 2. The van der Waals surface area contributed by atoms with Crippen LogP contribution in [0.25, 0.3) is 11.0 Å². The van der Waals surface area contributed by atoms with Crippen LogP contribution in [0.4, 0.5) is 5.82 Å². The van der Waals surface area contributed by atoms with Gasteiger partial charge in [-0.25, -0.2) is 9.97 Å². The summed E-state index contributed by atoms with van der Waals surface area (Å²) in [6.45, 7) is 2.05. The van der Waals surface area contributed by atoms with Crippen LogP contribution >= 0.6 is 12.4 Å². The van der Waals surface area contributed by atoms with Gasteiger partial charge >= 0.3 is 0 Å². The number of nitrogens with zero attached hydrogens (tertiary/aromatic N) is 2. The average molecular weight is 314 g/mol. The molecule has 4 unspecified atom stereocenters. The number of hydrogen-bond acceptors (Lipinski definition) is 6. The fourth-order valence-corrected chi connectivity index (χ4v) is 2.92. The second-order valence-electron chi connectivity index (χ2n) is 5.25. The second-order valence-corrected chi connectivity index (χ2v) is 5.25. The molecule has 2 aromatic rings. The zero-order valence-corrected chi connectivity index (χ0v) is 12.5. The van der Waals surface area contributed by atoms with Crippen molar-refractivity contribution in [3.8, 4) is 0 Å². The Balaban J connectivity index is 0.00000161. The van der Waals surface area contributed by atoms with Crippen LogP contribution in [0.2, 0.25) is 0 Å². The zero-order valence-electron chi connectivity index (χ0n) is 11.7. The molecule has 0 aromatic carbocycles. The van der Waals surface area contributed by atoms with Crippen molar-refractivity contribution in [1.82, 2.24) is 20.3 Å². The summed E-state index contributed by atoms with van der Waals surface area (Å²) in [4.78, 5) is 11.2. The first-order chi connectivity index (χ1) is 9.63. The maximum atomic E-state index is 10.3. The van der Waals surface area contributed by atoms with E-state index in [4.69, 9.17) is 5.73 Å². The molecular formula is C13H20ClN5O2. The minimum Gasteiger partial charge on any atom is -0.389 e. The zero-order chi connectivity index (χ0) is 14.3. The number of hydrogen-bond donors (Lipinski definition) is 5. The first kappa shape index (κ1) is 16.0. The third-order valence-electron chi connectivity index (χ3n) is 3.95. The average Bonchev–Trinajstić information content (AvgIpc) is 2.97. The van der Waals surface area contributed by atoms with Crippen LogP contribution in [0.1, 0.15) is 31.4 Å². The molecule has 3 heterocycles. The number of fused-ring (bicyclic) bond motifs is 1. The summed E-state index contributed by atoms with van der Waals surface area (Å²) in [5, 5.41) is 23.6. The second kappa shape index (κ2) is 6.15. The number of aliphatic hydroxyl groups excluding tert-OH is 2. The number of nitrogens with one attached hydrogen (secondary N) is 2. The van der Waals surface area contributed by atoms with E-state index >= 15 is 0 Å². The Morgan fingerprint density at radius 1 is 1.29 bits per heavy atom. The minimum absolute atomic E-state index is 0. The van der Waals surface area contributed by atoms with Crippen LogP contribution in [0, 0.1) is 0 Å². The molecule has 0 spiro atoms. The van der Waals surface area contributed by atoms with Gasteiger partial charge in [0.1, 0.15) is 17.9 Å². The molecule has 0 saturated carbocycles.